The molecule has 1 heterocycles. The third kappa shape index (κ3) is 4.27. The molecule has 3 N–H and O–H groups in total. The van der Waals surface area contributed by atoms with Gasteiger partial charge in [0.05, 0.1) is 6.61 Å². The molecule has 7 nitrogen and oxygen atoms in total. The molecule has 0 aliphatic carbocycles. The van der Waals surface area contributed by atoms with Crippen LogP contribution in [0.4, 0.5) is 11.4 Å². The van der Waals surface area contributed by atoms with Crippen LogP contribution in [0.1, 0.15) is 56.1 Å². The van der Waals surface area contributed by atoms with E-state index in [9.17, 15) is 19.6 Å². The molecule has 0 atom stereocenters. The molecular weight excluding hydrogens is 394 g/mol. The molecule has 0 aliphatic rings. The number of nitrogens with zero attached hydrogens (tertiary/aromatic N) is 1. The Kier molecular flexibility index (Phi) is 5.83. The molecule has 0 spiro atoms. The van der Waals surface area contributed by atoms with Crippen LogP contribution >= 0.6 is 0 Å². The number of aromatic amines is 1. The summed E-state index contributed by atoms with van der Waals surface area (Å²) >= 11 is 0. The van der Waals surface area contributed by atoms with Gasteiger partial charge >= 0.3 is 0 Å². The smallest absolute Gasteiger partial charge is 0.261 e. The van der Waals surface area contributed by atoms with Crippen LogP contribution in [-0.2, 0) is 10.8 Å². The quantitative estimate of drug-likeness (QED) is 0.516. The Labute approximate surface area is 180 Å². The van der Waals surface area contributed by atoms with Crippen LogP contribution in [0.2, 0.25) is 0 Å². The van der Waals surface area contributed by atoms with Crippen LogP contribution in [0.25, 0.3) is 10.9 Å². The second-order valence-corrected chi connectivity index (χ2v) is 9.33. The minimum absolute atomic E-state index is 0.0288. The number of aliphatic hydroxyl groups is 1. The number of benzene rings is 2. The van der Waals surface area contributed by atoms with Gasteiger partial charge in [-0.15, -0.1) is 4.91 Å². The molecule has 0 saturated heterocycles. The van der Waals surface area contributed by atoms with Gasteiger partial charge in [0.2, 0.25) is 5.43 Å². The van der Waals surface area contributed by atoms with Crippen molar-refractivity contribution < 1.29 is 9.90 Å². The van der Waals surface area contributed by atoms with Crippen LogP contribution in [0.5, 0.6) is 0 Å². The monoisotopic (exact) mass is 421 g/mol. The van der Waals surface area contributed by atoms with Crippen molar-refractivity contribution >= 4 is 28.2 Å². The van der Waals surface area contributed by atoms with Crippen LogP contribution in [0.3, 0.4) is 0 Å². The summed E-state index contributed by atoms with van der Waals surface area (Å²) < 4.78 is 0. The predicted molar refractivity (Wildman–Crippen MR) is 123 cm³/mol. The molecule has 0 bridgehead atoms. The summed E-state index contributed by atoms with van der Waals surface area (Å²) in [4.78, 5) is 40.4. The molecule has 0 aliphatic heterocycles. The molecule has 31 heavy (non-hydrogen) atoms. The summed E-state index contributed by atoms with van der Waals surface area (Å²) in [5, 5.41) is 16.1. The Morgan fingerprint density at radius 3 is 2.39 bits per heavy atom. The van der Waals surface area contributed by atoms with Crippen LogP contribution < -0.4 is 10.7 Å². The summed E-state index contributed by atoms with van der Waals surface area (Å²) in [6.45, 7) is 9.39. The summed E-state index contributed by atoms with van der Waals surface area (Å²) in [6.07, 6.45) is 1.39. The van der Waals surface area contributed by atoms with Crippen molar-refractivity contribution in [1.82, 2.24) is 4.98 Å². The summed E-state index contributed by atoms with van der Waals surface area (Å²) in [7, 11) is 0. The number of carbonyl (C=O) groups is 1. The number of H-pyrrole nitrogens is 1. The first-order valence-corrected chi connectivity index (χ1v) is 10.0. The molecule has 7 heteroatoms. The molecule has 1 amide bonds. The number of amides is 1. The highest BCUT2D eigenvalue weighted by Gasteiger charge is 2.29. The average molecular weight is 421 g/mol. The van der Waals surface area contributed by atoms with Gasteiger partial charge in [0, 0.05) is 28.2 Å². The fraction of sp³-hybridized carbons (Fsp3) is 0.333. The maximum absolute atomic E-state index is 13.0. The van der Waals surface area contributed by atoms with Crippen molar-refractivity contribution in [3.63, 3.8) is 0 Å². The SMILES string of the molecule is CC(C)(C)c1cc(C(C)(C)CO)c(N=O)cc1NC(=O)c1c[nH]c2ccccc2c1=O. The van der Waals surface area contributed by atoms with Crippen molar-refractivity contribution in [2.45, 2.75) is 45.4 Å². The number of fused-ring (bicyclic) bond motifs is 1. The van der Waals surface area contributed by atoms with E-state index in [0.717, 1.165) is 5.56 Å². The lowest BCUT2D eigenvalue weighted by molar-refractivity contribution is 0.102. The molecule has 162 valence electrons. The third-order valence-electron chi connectivity index (χ3n) is 5.45. The lowest BCUT2D eigenvalue weighted by Crippen LogP contribution is -2.26. The van der Waals surface area contributed by atoms with Crippen LogP contribution in [-0.4, -0.2) is 22.6 Å². The number of nitrogens with one attached hydrogen (secondary N) is 2. The number of anilines is 1. The zero-order valence-electron chi connectivity index (χ0n) is 18.4. The lowest BCUT2D eigenvalue weighted by atomic mass is 9.78. The topological polar surface area (TPSA) is 112 Å². The summed E-state index contributed by atoms with van der Waals surface area (Å²) in [6, 6.07) is 10.3. The van der Waals surface area contributed by atoms with E-state index in [1.807, 2.05) is 34.6 Å². The molecule has 2 aromatic carbocycles. The standard InChI is InChI=1S/C24H27N3O4/c1-23(2,3)16-10-17(24(4,5)13-28)20(27-31)11-19(16)26-22(30)15-12-25-18-9-7-6-8-14(18)21(15)29/h6-12,28H,13H2,1-5H3,(H,25,29)(H,26,30). The number of aromatic nitrogens is 1. The highest BCUT2D eigenvalue weighted by atomic mass is 16.3. The molecule has 1 aromatic heterocycles. The molecule has 0 fully saturated rings. The van der Waals surface area contributed by atoms with Crippen LogP contribution in [0.15, 0.2) is 52.6 Å². The minimum Gasteiger partial charge on any atom is -0.395 e. The van der Waals surface area contributed by atoms with Gasteiger partial charge in [-0.2, -0.15) is 0 Å². The fourth-order valence-corrected chi connectivity index (χ4v) is 3.54. The molecule has 3 rings (SSSR count). The summed E-state index contributed by atoms with van der Waals surface area (Å²) in [5.41, 5.74) is 1.05. The zero-order chi connectivity index (χ0) is 23.0. The second kappa shape index (κ2) is 8.07. The van der Waals surface area contributed by atoms with Gasteiger partial charge in [-0.3, -0.25) is 9.59 Å². The Morgan fingerprint density at radius 1 is 1.10 bits per heavy atom. The van der Waals surface area contributed by atoms with Crippen molar-refractivity contribution in [2.24, 2.45) is 5.18 Å². The highest BCUT2D eigenvalue weighted by molar-refractivity contribution is 6.06. The Hall–Kier alpha value is -3.32. The van der Waals surface area contributed by atoms with Gasteiger partial charge in [0.15, 0.2) is 0 Å². The first kappa shape index (κ1) is 22.4. The van der Waals surface area contributed by atoms with Gasteiger partial charge in [0.1, 0.15) is 11.3 Å². The Bertz CT molecular complexity index is 1220. The molecule has 0 radical (unpaired) electrons. The van der Waals surface area contributed by atoms with E-state index in [-0.39, 0.29) is 28.7 Å². The third-order valence-corrected chi connectivity index (χ3v) is 5.45. The van der Waals surface area contributed by atoms with Gasteiger partial charge < -0.3 is 15.4 Å². The predicted octanol–water partition coefficient (Wildman–Crippen LogP) is 4.75. The molecule has 0 saturated carbocycles. The van der Waals surface area contributed by atoms with Crippen molar-refractivity contribution in [2.75, 3.05) is 11.9 Å². The molecular formula is C24H27N3O4. The van der Waals surface area contributed by atoms with E-state index < -0.39 is 11.3 Å². The van der Waals surface area contributed by atoms with Gasteiger partial charge in [-0.1, -0.05) is 52.8 Å². The van der Waals surface area contributed by atoms with Gasteiger partial charge in [-0.05, 0) is 39.9 Å². The first-order chi connectivity index (χ1) is 14.5. The minimum atomic E-state index is -0.693. The molecule has 3 aromatic rings. The normalized spacial score (nSPS) is 12.1. The van der Waals surface area contributed by atoms with Gasteiger partial charge in [-0.25, -0.2) is 0 Å². The lowest BCUT2D eigenvalue weighted by Gasteiger charge is -2.29. The molecule has 0 unspecified atom stereocenters. The fourth-order valence-electron chi connectivity index (χ4n) is 3.54. The van der Waals surface area contributed by atoms with E-state index in [2.05, 4.69) is 15.5 Å². The number of pyridine rings is 1. The summed E-state index contributed by atoms with van der Waals surface area (Å²) in [5.74, 6) is -0.580. The number of rotatable bonds is 5. The first-order valence-electron chi connectivity index (χ1n) is 10.0. The average Bonchev–Trinajstić information content (AvgIpc) is 2.72. The van der Waals surface area contributed by atoms with Gasteiger partial charge in [0.25, 0.3) is 5.91 Å². The van der Waals surface area contributed by atoms with E-state index in [0.29, 0.717) is 22.2 Å². The Balaban J connectivity index is 2.12. The number of nitroso groups, excluding NO2 is 1. The second-order valence-electron chi connectivity index (χ2n) is 9.33. The zero-order valence-corrected chi connectivity index (χ0v) is 18.4. The number of carbonyl (C=O) groups excluding carboxylic acids is 1. The number of hydrogen-bond donors (Lipinski definition) is 3. The Morgan fingerprint density at radius 2 is 1.77 bits per heavy atom. The van der Waals surface area contributed by atoms with E-state index in [4.69, 9.17) is 0 Å². The number of para-hydroxylation sites is 1. The van der Waals surface area contributed by atoms with Crippen LogP contribution in [0, 0.1) is 4.91 Å². The maximum Gasteiger partial charge on any atom is 0.261 e. The van der Waals surface area contributed by atoms with Crippen molar-refractivity contribution in [1.29, 1.82) is 0 Å². The van der Waals surface area contributed by atoms with E-state index in [1.165, 1.54) is 12.3 Å². The maximum atomic E-state index is 13.0. The number of hydrogen-bond acceptors (Lipinski definition) is 5. The van der Waals surface area contributed by atoms with E-state index >= 15 is 0 Å². The van der Waals surface area contributed by atoms with Crippen molar-refractivity contribution in [3.05, 3.63) is 74.4 Å². The largest absolute Gasteiger partial charge is 0.395 e. The van der Waals surface area contributed by atoms with Crippen molar-refractivity contribution in [3.8, 4) is 0 Å². The van der Waals surface area contributed by atoms with E-state index in [1.54, 1.807) is 30.3 Å². The highest BCUT2D eigenvalue weighted by Crippen LogP contribution is 2.40. The number of aliphatic hydroxyl groups excluding tert-OH is 1.